The molecule has 3 aromatic rings. The summed E-state index contributed by atoms with van der Waals surface area (Å²) in [4.78, 5) is 15.4. The molecule has 0 aliphatic rings. The van der Waals surface area contributed by atoms with E-state index in [1.165, 1.54) is 4.80 Å². The van der Waals surface area contributed by atoms with Gasteiger partial charge in [0, 0.05) is 29.2 Å². The van der Waals surface area contributed by atoms with Crippen LogP contribution < -0.4 is 4.74 Å². The molecular formula is C18H18BrN5O2. The fraction of sp³-hybridized carbons (Fsp3) is 0.222. The summed E-state index contributed by atoms with van der Waals surface area (Å²) in [5.74, 6) is 1.12. The van der Waals surface area contributed by atoms with Crippen LogP contribution in [0.15, 0.2) is 53.0 Å². The lowest BCUT2D eigenvalue weighted by atomic mass is 10.2. The molecule has 0 bridgehead atoms. The number of carbonyl (C=O) groups excluding carboxylic acids is 1. The molecular weight excluding hydrogens is 398 g/mol. The first-order valence-electron chi connectivity index (χ1n) is 7.96. The van der Waals surface area contributed by atoms with Crippen molar-refractivity contribution < 1.29 is 9.53 Å². The van der Waals surface area contributed by atoms with Crippen molar-refractivity contribution in [2.75, 3.05) is 14.2 Å². The molecule has 0 aliphatic carbocycles. The van der Waals surface area contributed by atoms with E-state index in [0.29, 0.717) is 12.4 Å². The normalized spacial score (nSPS) is 10.6. The molecule has 0 N–H and O–H groups in total. The smallest absolute Gasteiger partial charge is 0.246 e. The Hall–Kier alpha value is -2.74. The molecule has 0 saturated heterocycles. The maximum Gasteiger partial charge on any atom is 0.246 e. The van der Waals surface area contributed by atoms with Crippen molar-refractivity contribution in [3.8, 4) is 17.1 Å². The Balaban J connectivity index is 1.65. The second-order valence-corrected chi connectivity index (χ2v) is 6.63. The Morgan fingerprint density at radius 3 is 2.65 bits per heavy atom. The van der Waals surface area contributed by atoms with E-state index in [2.05, 4.69) is 31.3 Å². The van der Waals surface area contributed by atoms with E-state index in [9.17, 15) is 4.79 Å². The number of tetrazole rings is 1. The highest BCUT2D eigenvalue weighted by Gasteiger charge is 2.15. The quantitative estimate of drug-likeness (QED) is 0.618. The predicted octanol–water partition coefficient (Wildman–Crippen LogP) is 2.77. The lowest BCUT2D eigenvalue weighted by Gasteiger charge is -2.18. The lowest BCUT2D eigenvalue weighted by Crippen LogP contribution is -2.30. The van der Waals surface area contributed by atoms with Crippen LogP contribution in [0, 0.1) is 0 Å². The van der Waals surface area contributed by atoms with Gasteiger partial charge in [0.25, 0.3) is 0 Å². The van der Waals surface area contributed by atoms with Gasteiger partial charge in [-0.3, -0.25) is 4.79 Å². The van der Waals surface area contributed by atoms with Crippen LogP contribution in [0.2, 0.25) is 0 Å². The van der Waals surface area contributed by atoms with E-state index < -0.39 is 0 Å². The number of methoxy groups -OCH3 is 1. The van der Waals surface area contributed by atoms with Gasteiger partial charge < -0.3 is 9.64 Å². The highest BCUT2D eigenvalue weighted by molar-refractivity contribution is 9.10. The third kappa shape index (κ3) is 4.26. The summed E-state index contributed by atoms with van der Waals surface area (Å²) in [6.07, 6.45) is 0. The average molecular weight is 416 g/mol. The largest absolute Gasteiger partial charge is 0.496 e. The van der Waals surface area contributed by atoms with Crippen molar-refractivity contribution in [3.63, 3.8) is 0 Å². The highest BCUT2D eigenvalue weighted by atomic mass is 79.9. The van der Waals surface area contributed by atoms with Crippen LogP contribution in [0.5, 0.6) is 5.75 Å². The number of benzene rings is 2. The Morgan fingerprint density at radius 1 is 1.19 bits per heavy atom. The van der Waals surface area contributed by atoms with Gasteiger partial charge in [0.05, 0.1) is 7.11 Å². The minimum atomic E-state index is -0.115. The molecule has 134 valence electrons. The van der Waals surface area contributed by atoms with E-state index >= 15 is 0 Å². The van der Waals surface area contributed by atoms with Gasteiger partial charge in [0.1, 0.15) is 12.3 Å². The number of nitrogens with zero attached hydrogens (tertiary/aromatic N) is 5. The molecule has 0 aliphatic heterocycles. The number of hydrogen-bond acceptors (Lipinski definition) is 5. The van der Waals surface area contributed by atoms with Gasteiger partial charge in [-0.05, 0) is 35.5 Å². The van der Waals surface area contributed by atoms with Gasteiger partial charge in [-0.15, -0.1) is 10.2 Å². The van der Waals surface area contributed by atoms with Crippen LogP contribution in [0.4, 0.5) is 0 Å². The zero-order valence-corrected chi connectivity index (χ0v) is 16.0. The molecule has 1 amide bonds. The molecule has 0 saturated carbocycles. The number of halogens is 1. The van der Waals surface area contributed by atoms with Crippen molar-refractivity contribution in [2.24, 2.45) is 0 Å². The number of aromatic nitrogens is 4. The first-order chi connectivity index (χ1) is 12.6. The summed E-state index contributed by atoms with van der Waals surface area (Å²) in [5, 5.41) is 12.3. The summed E-state index contributed by atoms with van der Waals surface area (Å²) in [5.41, 5.74) is 1.78. The van der Waals surface area contributed by atoms with Gasteiger partial charge >= 0.3 is 0 Å². The fourth-order valence-corrected chi connectivity index (χ4v) is 2.71. The number of amides is 1. The molecule has 2 aromatic carbocycles. The van der Waals surface area contributed by atoms with E-state index in [1.807, 2.05) is 48.5 Å². The Kier molecular flexibility index (Phi) is 5.62. The molecule has 3 rings (SSSR count). The Bertz CT molecular complexity index is 895. The number of likely N-dealkylation sites (N-methyl/N-ethyl adjacent to an activating group) is 1. The topological polar surface area (TPSA) is 73.1 Å². The first kappa shape index (κ1) is 18.1. The summed E-state index contributed by atoms with van der Waals surface area (Å²) in [6, 6.07) is 15.2. The zero-order chi connectivity index (χ0) is 18.5. The van der Waals surface area contributed by atoms with Crippen LogP contribution in [-0.4, -0.2) is 45.2 Å². The predicted molar refractivity (Wildman–Crippen MR) is 100 cm³/mol. The van der Waals surface area contributed by atoms with Crippen molar-refractivity contribution in [3.05, 3.63) is 58.6 Å². The third-order valence-electron chi connectivity index (χ3n) is 3.86. The van der Waals surface area contributed by atoms with Crippen molar-refractivity contribution in [1.29, 1.82) is 0 Å². The summed E-state index contributed by atoms with van der Waals surface area (Å²) >= 11 is 3.39. The van der Waals surface area contributed by atoms with Gasteiger partial charge in [0.2, 0.25) is 11.7 Å². The number of para-hydroxylation sites is 1. The van der Waals surface area contributed by atoms with Crippen LogP contribution in [0.1, 0.15) is 5.56 Å². The molecule has 0 atom stereocenters. The molecule has 0 spiro atoms. The van der Waals surface area contributed by atoms with Crippen molar-refractivity contribution in [2.45, 2.75) is 13.1 Å². The van der Waals surface area contributed by atoms with Gasteiger partial charge in [-0.2, -0.15) is 4.80 Å². The van der Waals surface area contributed by atoms with Gasteiger partial charge in [0.15, 0.2) is 0 Å². The third-order valence-corrected chi connectivity index (χ3v) is 4.39. The second-order valence-electron chi connectivity index (χ2n) is 5.71. The molecule has 0 radical (unpaired) electrons. The molecule has 7 nitrogen and oxygen atoms in total. The maximum atomic E-state index is 12.5. The molecule has 0 unspecified atom stereocenters. The van der Waals surface area contributed by atoms with Crippen LogP contribution in [0.3, 0.4) is 0 Å². The van der Waals surface area contributed by atoms with Crippen LogP contribution >= 0.6 is 15.9 Å². The number of ether oxygens (including phenoxy) is 1. The van der Waals surface area contributed by atoms with Crippen molar-refractivity contribution in [1.82, 2.24) is 25.1 Å². The van der Waals surface area contributed by atoms with Crippen molar-refractivity contribution >= 4 is 21.8 Å². The molecule has 1 heterocycles. The monoisotopic (exact) mass is 415 g/mol. The fourth-order valence-electron chi connectivity index (χ4n) is 2.44. The Labute approximate surface area is 159 Å². The van der Waals surface area contributed by atoms with Crippen LogP contribution in [0.25, 0.3) is 11.4 Å². The van der Waals surface area contributed by atoms with E-state index in [1.54, 1.807) is 19.1 Å². The number of carbonyl (C=O) groups is 1. The van der Waals surface area contributed by atoms with Gasteiger partial charge in [-0.25, -0.2) is 0 Å². The van der Waals surface area contributed by atoms with E-state index in [0.717, 1.165) is 21.3 Å². The first-order valence-corrected chi connectivity index (χ1v) is 8.75. The average Bonchev–Trinajstić information content (AvgIpc) is 3.11. The zero-order valence-electron chi connectivity index (χ0n) is 14.5. The number of rotatable bonds is 6. The Morgan fingerprint density at radius 2 is 1.92 bits per heavy atom. The molecule has 0 fully saturated rings. The molecule has 8 heteroatoms. The van der Waals surface area contributed by atoms with E-state index in [4.69, 9.17) is 4.74 Å². The lowest BCUT2D eigenvalue weighted by molar-refractivity contribution is -0.131. The number of hydrogen-bond donors (Lipinski definition) is 0. The second kappa shape index (κ2) is 8.09. The molecule has 26 heavy (non-hydrogen) atoms. The summed E-state index contributed by atoms with van der Waals surface area (Å²) in [7, 11) is 3.35. The standard InChI is InChI=1S/C18H18BrN5O2/c1-23(11-14-5-3-4-6-16(14)26-2)17(25)12-24-21-18(20-22-24)13-7-9-15(19)10-8-13/h3-10H,11-12H2,1-2H3. The maximum absolute atomic E-state index is 12.5. The summed E-state index contributed by atoms with van der Waals surface area (Å²) in [6.45, 7) is 0.465. The highest BCUT2D eigenvalue weighted by Crippen LogP contribution is 2.19. The minimum absolute atomic E-state index is 0.0230. The summed E-state index contributed by atoms with van der Waals surface area (Å²) < 4.78 is 6.30. The van der Waals surface area contributed by atoms with Crippen LogP contribution in [-0.2, 0) is 17.9 Å². The van der Waals surface area contributed by atoms with E-state index in [-0.39, 0.29) is 12.5 Å². The minimum Gasteiger partial charge on any atom is -0.496 e. The SMILES string of the molecule is COc1ccccc1CN(C)C(=O)Cn1nnc(-c2ccc(Br)cc2)n1. The molecule has 1 aromatic heterocycles. The van der Waals surface area contributed by atoms with Gasteiger partial charge in [-0.1, -0.05) is 34.1 Å².